The zero-order valence-corrected chi connectivity index (χ0v) is 22.6. The van der Waals surface area contributed by atoms with E-state index in [0.29, 0.717) is 16.8 Å². The van der Waals surface area contributed by atoms with E-state index in [1.165, 1.54) is 4.90 Å². The summed E-state index contributed by atoms with van der Waals surface area (Å²) in [4.78, 5) is 27.7. The molecule has 0 aliphatic carbocycles. The third kappa shape index (κ3) is 8.63. The van der Waals surface area contributed by atoms with E-state index in [1.54, 1.807) is 20.8 Å². The zero-order chi connectivity index (χ0) is 28.0. The van der Waals surface area contributed by atoms with Gasteiger partial charge in [0.2, 0.25) is 21.8 Å². The molecule has 2 rings (SSSR count). The van der Waals surface area contributed by atoms with Crippen LogP contribution in [0.3, 0.4) is 0 Å². The van der Waals surface area contributed by atoms with Crippen LogP contribution in [0.2, 0.25) is 5.02 Å². The Labute approximate surface area is 220 Å². The summed E-state index contributed by atoms with van der Waals surface area (Å²) in [5.74, 6) is -1.16. The van der Waals surface area contributed by atoms with Crippen molar-refractivity contribution in [2.24, 2.45) is 0 Å². The monoisotopic (exact) mass is 561 g/mol. The predicted octanol–water partition coefficient (Wildman–Crippen LogP) is 4.50. The number of rotatable bonds is 11. The Morgan fingerprint density at radius 1 is 1.08 bits per heavy atom. The summed E-state index contributed by atoms with van der Waals surface area (Å²) in [6.45, 7) is 4.50. The van der Waals surface area contributed by atoms with Crippen LogP contribution in [-0.4, -0.2) is 56.6 Å². The molecule has 2 amide bonds. The van der Waals surface area contributed by atoms with Crippen molar-refractivity contribution >= 4 is 39.1 Å². The standard InChI is InChI=1S/C25H31ClF3N3O4S/c1-5-21(24(34)30-17(2)3)31(14-13-18-9-7-6-8-10-18)23(33)16-32(37(4,35)36)22-15-19(25(27,28)29)11-12-20(22)26/h6-12,15,17,21H,5,13-14,16H2,1-4H3,(H,30,34)/t21-/m0/s1. The van der Waals surface area contributed by atoms with Crippen molar-refractivity contribution in [1.82, 2.24) is 10.2 Å². The van der Waals surface area contributed by atoms with Gasteiger partial charge >= 0.3 is 6.18 Å². The lowest BCUT2D eigenvalue weighted by molar-refractivity contribution is -0.139. The molecule has 1 atom stereocenters. The van der Waals surface area contributed by atoms with Crippen LogP contribution in [-0.2, 0) is 32.2 Å². The second-order valence-corrected chi connectivity index (χ2v) is 11.2. The van der Waals surface area contributed by atoms with E-state index in [-0.39, 0.29) is 24.0 Å². The Morgan fingerprint density at radius 3 is 2.22 bits per heavy atom. The Hall–Kier alpha value is -2.79. The number of hydrogen-bond acceptors (Lipinski definition) is 4. The number of amides is 2. The van der Waals surface area contributed by atoms with Gasteiger partial charge in [-0.25, -0.2) is 8.42 Å². The van der Waals surface area contributed by atoms with Gasteiger partial charge in [0, 0.05) is 12.6 Å². The molecule has 0 aromatic heterocycles. The van der Waals surface area contributed by atoms with Crippen LogP contribution in [0.5, 0.6) is 0 Å². The molecule has 0 radical (unpaired) electrons. The SMILES string of the molecule is CC[C@@H](C(=O)NC(C)C)N(CCc1ccccc1)C(=O)CN(c1cc(C(F)(F)F)ccc1Cl)S(C)(=O)=O. The van der Waals surface area contributed by atoms with Crippen molar-refractivity contribution in [1.29, 1.82) is 0 Å². The third-order valence-corrected chi connectivity index (χ3v) is 6.97. The van der Waals surface area contributed by atoms with Crippen molar-refractivity contribution in [2.75, 3.05) is 23.7 Å². The van der Waals surface area contributed by atoms with Crippen LogP contribution in [0.25, 0.3) is 0 Å². The molecule has 0 unspecified atom stereocenters. The van der Waals surface area contributed by atoms with E-state index in [0.717, 1.165) is 24.0 Å². The molecule has 204 valence electrons. The maximum atomic E-state index is 13.6. The van der Waals surface area contributed by atoms with Gasteiger partial charge in [0.15, 0.2) is 0 Å². The molecule has 2 aromatic rings. The molecule has 2 aromatic carbocycles. The number of alkyl halides is 3. The summed E-state index contributed by atoms with van der Waals surface area (Å²) in [5.41, 5.74) is -0.702. The van der Waals surface area contributed by atoms with Crippen molar-refractivity contribution in [3.63, 3.8) is 0 Å². The second-order valence-electron chi connectivity index (χ2n) is 8.84. The normalized spacial score (nSPS) is 12.8. The molecular formula is C25H31ClF3N3O4S. The van der Waals surface area contributed by atoms with E-state index in [1.807, 2.05) is 30.3 Å². The van der Waals surface area contributed by atoms with E-state index in [2.05, 4.69) is 5.32 Å². The number of anilines is 1. The largest absolute Gasteiger partial charge is 0.416 e. The molecule has 7 nitrogen and oxygen atoms in total. The Balaban J connectivity index is 2.47. The Bertz CT molecular complexity index is 1190. The highest BCUT2D eigenvalue weighted by atomic mass is 35.5. The molecule has 12 heteroatoms. The molecule has 0 aliphatic heterocycles. The third-order valence-electron chi connectivity index (χ3n) is 5.52. The maximum Gasteiger partial charge on any atom is 0.416 e. The summed E-state index contributed by atoms with van der Waals surface area (Å²) in [7, 11) is -4.24. The molecule has 0 saturated carbocycles. The number of sulfonamides is 1. The summed E-state index contributed by atoms with van der Waals surface area (Å²) in [6, 6.07) is 10.3. The Kier molecular flexibility index (Phi) is 10.4. The number of carbonyl (C=O) groups is 2. The minimum Gasteiger partial charge on any atom is -0.352 e. The molecular weight excluding hydrogens is 531 g/mol. The van der Waals surface area contributed by atoms with Gasteiger partial charge in [-0.05, 0) is 50.5 Å². The van der Waals surface area contributed by atoms with Crippen LogP contribution < -0.4 is 9.62 Å². The first-order chi connectivity index (χ1) is 17.1. The van der Waals surface area contributed by atoms with Gasteiger partial charge in [0.1, 0.15) is 12.6 Å². The Morgan fingerprint density at radius 2 is 1.70 bits per heavy atom. The van der Waals surface area contributed by atoms with Gasteiger partial charge in [-0.15, -0.1) is 0 Å². The summed E-state index contributed by atoms with van der Waals surface area (Å²) < 4.78 is 65.8. The van der Waals surface area contributed by atoms with Gasteiger partial charge < -0.3 is 10.2 Å². The lowest BCUT2D eigenvalue weighted by Crippen LogP contribution is -2.54. The molecule has 0 fully saturated rings. The highest BCUT2D eigenvalue weighted by Crippen LogP contribution is 2.36. The fourth-order valence-corrected chi connectivity index (χ4v) is 4.87. The van der Waals surface area contributed by atoms with Crippen LogP contribution in [0.15, 0.2) is 48.5 Å². The first-order valence-electron chi connectivity index (χ1n) is 11.6. The van der Waals surface area contributed by atoms with Gasteiger partial charge in [-0.1, -0.05) is 48.9 Å². The van der Waals surface area contributed by atoms with Gasteiger partial charge in [0.05, 0.1) is 22.5 Å². The minimum atomic E-state index is -4.75. The lowest BCUT2D eigenvalue weighted by atomic mass is 10.1. The smallest absolute Gasteiger partial charge is 0.352 e. The number of benzene rings is 2. The fourth-order valence-electron chi connectivity index (χ4n) is 3.75. The molecule has 0 spiro atoms. The summed E-state index contributed by atoms with van der Waals surface area (Å²) in [5, 5.41) is 2.49. The predicted molar refractivity (Wildman–Crippen MR) is 138 cm³/mol. The van der Waals surface area contributed by atoms with E-state index < -0.39 is 51.9 Å². The average Bonchev–Trinajstić information content (AvgIpc) is 2.79. The molecule has 0 saturated heterocycles. The number of hydrogen-bond donors (Lipinski definition) is 1. The van der Waals surface area contributed by atoms with Crippen LogP contribution in [0.4, 0.5) is 18.9 Å². The highest BCUT2D eigenvalue weighted by molar-refractivity contribution is 7.92. The van der Waals surface area contributed by atoms with E-state index in [4.69, 9.17) is 11.6 Å². The first kappa shape index (κ1) is 30.4. The maximum absolute atomic E-state index is 13.6. The molecule has 37 heavy (non-hydrogen) atoms. The van der Waals surface area contributed by atoms with Gasteiger partial charge in [0.25, 0.3) is 0 Å². The molecule has 0 bridgehead atoms. The van der Waals surface area contributed by atoms with Crippen molar-refractivity contribution in [3.05, 3.63) is 64.7 Å². The lowest BCUT2D eigenvalue weighted by Gasteiger charge is -2.33. The van der Waals surface area contributed by atoms with Crippen molar-refractivity contribution < 1.29 is 31.2 Å². The van der Waals surface area contributed by atoms with E-state index in [9.17, 15) is 31.2 Å². The van der Waals surface area contributed by atoms with Crippen LogP contribution in [0.1, 0.15) is 38.3 Å². The number of halogens is 4. The fraction of sp³-hybridized carbons (Fsp3) is 0.440. The first-order valence-corrected chi connectivity index (χ1v) is 13.9. The average molecular weight is 562 g/mol. The summed E-state index contributed by atoms with van der Waals surface area (Å²) >= 11 is 6.09. The minimum absolute atomic E-state index is 0.0841. The van der Waals surface area contributed by atoms with Gasteiger partial charge in [-0.3, -0.25) is 13.9 Å². The topological polar surface area (TPSA) is 86.8 Å². The van der Waals surface area contributed by atoms with Crippen LogP contribution in [0, 0.1) is 0 Å². The van der Waals surface area contributed by atoms with Crippen LogP contribution >= 0.6 is 11.6 Å². The number of nitrogens with one attached hydrogen (secondary N) is 1. The number of nitrogens with zero attached hydrogens (tertiary/aromatic N) is 2. The molecule has 1 N–H and O–H groups in total. The zero-order valence-electron chi connectivity index (χ0n) is 21.0. The molecule has 0 heterocycles. The second kappa shape index (κ2) is 12.6. The van der Waals surface area contributed by atoms with Gasteiger partial charge in [-0.2, -0.15) is 13.2 Å². The van der Waals surface area contributed by atoms with Crippen molar-refractivity contribution in [3.8, 4) is 0 Å². The number of carbonyl (C=O) groups excluding carboxylic acids is 2. The van der Waals surface area contributed by atoms with E-state index >= 15 is 0 Å². The highest BCUT2D eigenvalue weighted by Gasteiger charge is 2.35. The van der Waals surface area contributed by atoms with Crippen molar-refractivity contribution in [2.45, 2.75) is 51.9 Å². The summed E-state index contributed by atoms with van der Waals surface area (Å²) in [6.07, 6.45) is -3.37. The molecule has 0 aliphatic rings. The quantitative estimate of drug-likeness (QED) is 0.438.